The quantitative estimate of drug-likeness (QED) is 0.550. The molecule has 0 radical (unpaired) electrons. The Morgan fingerprint density at radius 3 is 2.31 bits per heavy atom. The van der Waals surface area contributed by atoms with Crippen molar-refractivity contribution in [2.75, 3.05) is 5.75 Å². The zero-order valence-electron chi connectivity index (χ0n) is 16.3. The third kappa shape index (κ3) is 3.84. The van der Waals surface area contributed by atoms with Gasteiger partial charge in [-0.2, -0.15) is 0 Å². The zero-order valence-corrected chi connectivity index (χ0v) is 17.9. The van der Waals surface area contributed by atoms with E-state index in [1.165, 1.54) is 5.57 Å². The molecule has 4 rings (SSSR count). The molecule has 0 aromatic heterocycles. The minimum Gasteiger partial charge on any atom is -0.469 e. The predicted octanol–water partition coefficient (Wildman–Crippen LogP) is 4.42. The van der Waals surface area contributed by atoms with Gasteiger partial charge in [0.25, 0.3) is 0 Å². The van der Waals surface area contributed by atoms with Crippen LogP contribution in [0.4, 0.5) is 0 Å². The Balaban J connectivity index is 1.68. The molecular weight excluding hydrogens is 400 g/mol. The number of fused-ring (bicyclic) bond motifs is 1. The van der Waals surface area contributed by atoms with Crippen LogP contribution in [0, 0.1) is 0 Å². The van der Waals surface area contributed by atoms with Crippen molar-refractivity contribution in [1.29, 1.82) is 0 Å². The number of hydrogen-bond donors (Lipinski definition) is 1. The van der Waals surface area contributed by atoms with Gasteiger partial charge in [-0.1, -0.05) is 74.0 Å². The van der Waals surface area contributed by atoms with E-state index in [1.54, 1.807) is 16.7 Å². The monoisotopic (exact) mass is 424 g/mol. The van der Waals surface area contributed by atoms with E-state index < -0.39 is 6.04 Å². The van der Waals surface area contributed by atoms with Gasteiger partial charge in [-0.3, -0.25) is 9.69 Å². The largest absolute Gasteiger partial charge is 0.469 e. The van der Waals surface area contributed by atoms with Crippen molar-refractivity contribution < 1.29 is 9.53 Å². The summed E-state index contributed by atoms with van der Waals surface area (Å²) in [5.41, 5.74) is 9.99. The average Bonchev–Trinajstić information content (AvgIpc) is 2.77. The Kier molecular flexibility index (Phi) is 6.04. The van der Waals surface area contributed by atoms with E-state index in [1.807, 2.05) is 60.7 Å². The van der Waals surface area contributed by atoms with Gasteiger partial charge in [0.2, 0.25) is 11.0 Å². The molecule has 6 heteroatoms. The molecule has 2 heterocycles. The fraction of sp³-hybridized carbons (Fsp3) is 0.304. The molecule has 29 heavy (non-hydrogen) atoms. The van der Waals surface area contributed by atoms with E-state index in [4.69, 9.17) is 22.7 Å². The number of amides is 1. The standard InChI is InChI=1S/C23H24N2O2S2/c1-2-9-17-14-29-22-18(24)21(26)25(22)19(17)23(28)27-20(15-10-5-3-6-11-15)16-12-7-4-8-13-16/h3-8,10-13,18,20,22H,2,9,14,24H2,1H3/t18?,22-/m1/s1. The number of thiocarbonyl (C=S) groups is 1. The van der Waals surface area contributed by atoms with Gasteiger partial charge in [0.15, 0.2) is 0 Å². The number of rotatable bonds is 6. The van der Waals surface area contributed by atoms with Crippen LogP contribution in [0.5, 0.6) is 0 Å². The Hall–Kier alpha value is -2.15. The molecule has 1 amide bonds. The lowest BCUT2D eigenvalue weighted by atomic mass is 10.0. The Morgan fingerprint density at radius 2 is 1.76 bits per heavy atom. The van der Waals surface area contributed by atoms with Crippen molar-refractivity contribution >= 4 is 34.9 Å². The van der Waals surface area contributed by atoms with Gasteiger partial charge in [-0.05, 0) is 35.3 Å². The number of hydrogen-bond acceptors (Lipinski definition) is 5. The topological polar surface area (TPSA) is 55.6 Å². The van der Waals surface area contributed by atoms with Crippen molar-refractivity contribution in [2.45, 2.75) is 37.3 Å². The van der Waals surface area contributed by atoms with E-state index in [0.29, 0.717) is 5.05 Å². The van der Waals surface area contributed by atoms with E-state index in [-0.39, 0.29) is 17.4 Å². The maximum atomic E-state index is 12.5. The zero-order chi connectivity index (χ0) is 20.4. The third-order valence-corrected chi connectivity index (χ3v) is 6.91. The van der Waals surface area contributed by atoms with Crippen molar-refractivity contribution in [2.24, 2.45) is 5.73 Å². The normalized spacial score (nSPS) is 21.1. The summed E-state index contributed by atoms with van der Waals surface area (Å²) in [6, 6.07) is 19.6. The van der Waals surface area contributed by atoms with Gasteiger partial charge in [-0.25, -0.2) is 0 Å². The van der Waals surface area contributed by atoms with Gasteiger partial charge in [0, 0.05) is 5.75 Å². The van der Waals surface area contributed by atoms with Crippen LogP contribution in [0.3, 0.4) is 0 Å². The van der Waals surface area contributed by atoms with E-state index in [9.17, 15) is 4.79 Å². The van der Waals surface area contributed by atoms with Gasteiger partial charge in [0.05, 0.1) is 5.70 Å². The fourth-order valence-electron chi connectivity index (χ4n) is 3.81. The molecule has 0 aliphatic carbocycles. The smallest absolute Gasteiger partial charge is 0.248 e. The minimum atomic E-state index is -0.458. The van der Waals surface area contributed by atoms with Crippen LogP contribution < -0.4 is 5.73 Å². The number of nitrogens with zero attached hydrogens (tertiary/aromatic N) is 1. The molecule has 1 saturated heterocycles. The molecule has 1 unspecified atom stereocenters. The molecule has 2 aliphatic rings. The Labute approximate surface area is 181 Å². The highest BCUT2D eigenvalue weighted by Crippen LogP contribution is 2.42. The highest BCUT2D eigenvalue weighted by Gasteiger charge is 2.51. The molecule has 4 nitrogen and oxygen atoms in total. The lowest BCUT2D eigenvalue weighted by molar-refractivity contribution is -0.140. The number of ether oxygens (including phenoxy) is 1. The molecular formula is C23H24N2O2S2. The van der Waals surface area contributed by atoms with Gasteiger partial charge < -0.3 is 10.5 Å². The second kappa shape index (κ2) is 8.69. The first-order valence-electron chi connectivity index (χ1n) is 9.85. The molecule has 2 atom stereocenters. The second-order valence-electron chi connectivity index (χ2n) is 7.24. The summed E-state index contributed by atoms with van der Waals surface area (Å²) in [6.45, 7) is 2.13. The molecule has 2 aromatic carbocycles. The summed E-state index contributed by atoms with van der Waals surface area (Å²) in [7, 11) is 0. The highest BCUT2D eigenvalue weighted by atomic mass is 32.2. The number of carbonyl (C=O) groups is 1. The molecule has 0 saturated carbocycles. The lowest BCUT2D eigenvalue weighted by Gasteiger charge is -2.49. The highest BCUT2D eigenvalue weighted by molar-refractivity contribution is 8.00. The van der Waals surface area contributed by atoms with Crippen molar-refractivity contribution in [3.05, 3.63) is 83.1 Å². The number of carbonyl (C=O) groups excluding carboxylic acids is 1. The van der Waals surface area contributed by atoms with E-state index in [2.05, 4.69) is 6.92 Å². The van der Waals surface area contributed by atoms with Crippen LogP contribution in [0.2, 0.25) is 0 Å². The number of benzene rings is 2. The van der Waals surface area contributed by atoms with Gasteiger partial charge >= 0.3 is 0 Å². The van der Waals surface area contributed by atoms with Crippen LogP contribution in [0.15, 0.2) is 71.9 Å². The van der Waals surface area contributed by atoms with Crippen molar-refractivity contribution in [3.63, 3.8) is 0 Å². The number of nitrogens with two attached hydrogens (primary N) is 1. The first kappa shape index (κ1) is 20.1. The summed E-state index contributed by atoms with van der Waals surface area (Å²) >= 11 is 7.49. The molecule has 0 bridgehead atoms. The molecule has 1 fully saturated rings. The Bertz CT molecular complexity index is 891. The van der Waals surface area contributed by atoms with Crippen LogP contribution in [0.25, 0.3) is 0 Å². The maximum absolute atomic E-state index is 12.5. The summed E-state index contributed by atoms with van der Waals surface area (Å²) in [4.78, 5) is 14.3. The van der Waals surface area contributed by atoms with Crippen LogP contribution in [0.1, 0.15) is 37.0 Å². The minimum absolute atomic E-state index is 0.0495. The summed E-state index contributed by atoms with van der Waals surface area (Å²) < 4.78 is 6.40. The van der Waals surface area contributed by atoms with Crippen LogP contribution >= 0.6 is 24.0 Å². The van der Waals surface area contributed by atoms with Crippen LogP contribution in [-0.2, 0) is 9.53 Å². The molecule has 2 N–H and O–H groups in total. The van der Waals surface area contributed by atoms with Gasteiger partial charge in [-0.15, -0.1) is 11.8 Å². The van der Waals surface area contributed by atoms with Crippen molar-refractivity contribution in [1.82, 2.24) is 4.90 Å². The maximum Gasteiger partial charge on any atom is 0.248 e. The average molecular weight is 425 g/mol. The fourth-order valence-corrected chi connectivity index (χ4v) is 5.48. The lowest BCUT2D eigenvalue weighted by Crippen LogP contribution is -2.68. The number of β-lactam (4-membered cyclic amide) rings is 1. The summed E-state index contributed by atoms with van der Waals surface area (Å²) in [6.07, 6.45) is 1.54. The first-order valence-corrected chi connectivity index (χ1v) is 11.3. The molecule has 150 valence electrons. The summed E-state index contributed by atoms with van der Waals surface area (Å²) in [5.74, 6) is 0.753. The summed E-state index contributed by atoms with van der Waals surface area (Å²) in [5, 5.41) is 0.322. The third-order valence-electron chi connectivity index (χ3n) is 5.26. The van der Waals surface area contributed by atoms with Crippen LogP contribution in [-0.4, -0.2) is 33.0 Å². The first-order chi connectivity index (χ1) is 14.1. The van der Waals surface area contributed by atoms with Gasteiger partial charge in [0.1, 0.15) is 17.5 Å². The second-order valence-corrected chi connectivity index (χ2v) is 8.72. The molecule has 2 aromatic rings. The SMILES string of the molecule is CCCC1=C(C(=S)OC(c2ccccc2)c2ccccc2)N2C(=O)C(N)[C@H]2SC1. The van der Waals surface area contributed by atoms with Crippen molar-refractivity contribution in [3.8, 4) is 0 Å². The molecule has 2 aliphatic heterocycles. The van der Waals surface area contributed by atoms with E-state index >= 15 is 0 Å². The predicted molar refractivity (Wildman–Crippen MR) is 121 cm³/mol. The number of thioether (sulfide) groups is 1. The van der Waals surface area contributed by atoms with E-state index in [0.717, 1.165) is 35.4 Å². The molecule has 0 spiro atoms. The Morgan fingerprint density at radius 1 is 1.17 bits per heavy atom.